The fourth-order valence-electron chi connectivity index (χ4n) is 7.77. The molecule has 2 fully saturated rings. The average molecular weight is 905 g/mol. The lowest BCUT2D eigenvalue weighted by atomic mass is 10.0. The molecule has 4 aromatic rings. The highest BCUT2D eigenvalue weighted by molar-refractivity contribution is 7.90. The van der Waals surface area contributed by atoms with Crippen LogP contribution in [0, 0.1) is 10.8 Å². The highest BCUT2D eigenvalue weighted by Crippen LogP contribution is 2.42. The van der Waals surface area contributed by atoms with E-state index in [-0.39, 0.29) is 28.3 Å². The van der Waals surface area contributed by atoms with Gasteiger partial charge in [-0.1, -0.05) is 19.6 Å². The molecule has 340 valence electrons. The second kappa shape index (κ2) is 18.8. The molecule has 0 unspecified atom stereocenters. The van der Waals surface area contributed by atoms with E-state index in [1.165, 1.54) is 12.1 Å². The number of pyridine rings is 1. The Bertz CT molecular complexity index is 2420. The zero-order valence-corrected chi connectivity index (χ0v) is 39.1. The largest absolute Gasteiger partial charge is 0.471 e. The number of ether oxygens (including phenoxy) is 4. The predicted molar refractivity (Wildman–Crippen MR) is 246 cm³/mol. The van der Waals surface area contributed by atoms with Gasteiger partial charge < -0.3 is 43.5 Å². The topological polar surface area (TPSA) is 186 Å². The Morgan fingerprint density at radius 3 is 2.43 bits per heavy atom. The Morgan fingerprint density at radius 2 is 1.73 bits per heavy atom. The van der Waals surface area contributed by atoms with Crippen LogP contribution in [0.2, 0.25) is 25.7 Å². The number of amides is 2. The molecule has 17 nitrogen and oxygen atoms in total. The zero-order valence-electron chi connectivity index (χ0n) is 37.3. The van der Waals surface area contributed by atoms with E-state index in [1.54, 1.807) is 17.0 Å². The summed E-state index contributed by atoms with van der Waals surface area (Å²) in [6, 6.07) is 14.2. The number of nitrogens with zero attached hydrogens (tertiary/aromatic N) is 6. The number of carbonyl (C=O) groups is 2. The van der Waals surface area contributed by atoms with Crippen molar-refractivity contribution in [3.63, 3.8) is 0 Å². The fraction of sp³-hybridized carbons (Fsp3) is 0.523. The summed E-state index contributed by atoms with van der Waals surface area (Å²) < 4.78 is 55.4. The van der Waals surface area contributed by atoms with Crippen molar-refractivity contribution in [2.75, 3.05) is 74.2 Å². The standard InChI is InChI=1S/C44H60N8O9SSi/c1-30-28-52(39-24-32-12-15-51(40(32)46-42(39)60-30)29-59-22-23-63(5,6)7)38-25-33(49-16-18-50(19-17-49)43(54)61-44(2,3)4)8-10-35(38)41(53)48-62(56,57)34-9-11-36(37(26-34)47-55)45-27-31-13-20-58-21-14-31/h8-12,15,24-26,30-31,45H,13-14,16-23,27-29H2,1-7H3,(H,48,53)/t30-/m1/s1. The van der Waals surface area contributed by atoms with Crippen molar-refractivity contribution in [2.24, 2.45) is 11.1 Å². The van der Waals surface area contributed by atoms with Crippen LogP contribution in [0.1, 0.15) is 50.9 Å². The van der Waals surface area contributed by atoms with E-state index in [0.29, 0.717) is 100 Å². The number of hydrogen-bond donors (Lipinski definition) is 2. The van der Waals surface area contributed by atoms with Gasteiger partial charge in [0, 0.05) is 77.9 Å². The van der Waals surface area contributed by atoms with Gasteiger partial charge in [0.25, 0.3) is 15.9 Å². The molecule has 2 amide bonds. The summed E-state index contributed by atoms with van der Waals surface area (Å²) in [6.45, 7) is 19.4. The summed E-state index contributed by atoms with van der Waals surface area (Å²) in [7, 11) is -5.75. The van der Waals surface area contributed by atoms with Crippen LogP contribution in [0.15, 0.2) is 64.8 Å². The lowest BCUT2D eigenvalue weighted by Gasteiger charge is -2.38. The van der Waals surface area contributed by atoms with E-state index in [9.17, 15) is 22.9 Å². The number of carbonyl (C=O) groups excluding carboxylic acids is 2. The number of anilines is 4. The van der Waals surface area contributed by atoms with E-state index < -0.39 is 29.6 Å². The summed E-state index contributed by atoms with van der Waals surface area (Å²) in [5.41, 5.74) is 2.28. The van der Waals surface area contributed by atoms with Gasteiger partial charge in [-0.15, -0.1) is 4.91 Å². The Balaban J connectivity index is 1.19. The number of sulfonamides is 1. The molecule has 2 saturated heterocycles. The molecule has 0 bridgehead atoms. The minimum atomic E-state index is -4.48. The first-order valence-electron chi connectivity index (χ1n) is 21.6. The van der Waals surface area contributed by atoms with Gasteiger partial charge >= 0.3 is 6.09 Å². The number of benzene rings is 2. The minimum absolute atomic E-state index is 0.0844. The van der Waals surface area contributed by atoms with Crippen LogP contribution in [0.5, 0.6) is 5.88 Å². The highest BCUT2D eigenvalue weighted by Gasteiger charge is 2.33. The quantitative estimate of drug-likeness (QED) is 0.0714. The summed E-state index contributed by atoms with van der Waals surface area (Å²) in [5, 5.41) is 7.16. The van der Waals surface area contributed by atoms with E-state index in [1.807, 2.05) is 61.6 Å². The third-order valence-electron chi connectivity index (χ3n) is 11.3. The van der Waals surface area contributed by atoms with Crippen LogP contribution >= 0.6 is 0 Å². The predicted octanol–water partition coefficient (Wildman–Crippen LogP) is 7.68. The molecule has 63 heavy (non-hydrogen) atoms. The molecular weight excluding hydrogens is 845 g/mol. The van der Waals surface area contributed by atoms with Gasteiger partial charge in [-0.2, -0.15) is 4.98 Å². The van der Waals surface area contributed by atoms with Gasteiger partial charge in [0.15, 0.2) is 0 Å². The second-order valence-corrected chi connectivity index (χ2v) is 26.0. The Labute approximate surface area is 370 Å². The molecule has 2 aromatic carbocycles. The monoisotopic (exact) mass is 904 g/mol. The fourth-order valence-corrected chi connectivity index (χ4v) is 9.51. The van der Waals surface area contributed by atoms with Gasteiger partial charge in [-0.25, -0.2) is 17.9 Å². The molecule has 2 N–H and O–H groups in total. The van der Waals surface area contributed by atoms with Crippen molar-refractivity contribution in [3.05, 3.63) is 65.2 Å². The molecule has 7 rings (SSSR count). The molecule has 1 atom stereocenters. The Morgan fingerprint density at radius 1 is 0.984 bits per heavy atom. The van der Waals surface area contributed by atoms with Crippen molar-refractivity contribution < 1.29 is 37.0 Å². The van der Waals surface area contributed by atoms with E-state index >= 15 is 0 Å². The molecule has 0 radical (unpaired) electrons. The summed E-state index contributed by atoms with van der Waals surface area (Å²) in [6.07, 6.45) is 2.93. The van der Waals surface area contributed by atoms with Crippen molar-refractivity contribution in [1.82, 2.24) is 19.2 Å². The van der Waals surface area contributed by atoms with Crippen LogP contribution in [0.25, 0.3) is 11.0 Å². The van der Waals surface area contributed by atoms with Gasteiger partial charge in [-0.3, -0.25) is 4.79 Å². The first-order chi connectivity index (χ1) is 29.9. The number of hydrogen-bond acceptors (Lipinski definition) is 14. The molecule has 0 spiro atoms. The maximum absolute atomic E-state index is 14.4. The summed E-state index contributed by atoms with van der Waals surface area (Å²) >= 11 is 0. The maximum atomic E-state index is 14.4. The Hall–Kier alpha value is -5.24. The van der Waals surface area contributed by atoms with Crippen LogP contribution in [0.4, 0.5) is 33.2 Å². The number of rotatable bonds is 14. The molecular formula is C44H60N8O9SSi. The van der Waals surface area contributed by atoms with Crippen LogP contribution in [-0.2, 0) is 31.0 Å². The van der Waals surface area contributed by atoms with Crippen molar-refractivity contribution in [2.45, 2.75) is 89.6 Å². The van der Waals surface area contributed by atoms with E-state index in [2.05, 4.69) is 39.8 Å². The maximum Gasteiger partial charge on any atom is 0.410 e. The number of aromatic nitrogens is 2. The molecule has 3 aliphatic heterocycles. The zero-order chi connectivity index (χ0) is 45.1. The van der Waals surface area contributed by atoms with Gasteiger partial charge in [0.1, 0.15) is 35.5 Å². The number of fused-ring (bicyclic) bond motifs is 2. The SMILES string of the molecule is C[C@@H]1CN(c2cc(N3CCN(C(=O)OC(C)(C)C)CC3)ccc2C(=O)NS(=O)(=O)c2ccc(NCC3CCOCC3)c(N=O)c2)c2cc3ccn(COCC[Si](C)(C)C)c3nc2O1. The summed E-state index contributed by atoms with van der Waals surface area (Å²) in [4.78, 5) is 49.6. The average Bonchev–Trinajstić information content (AvgIpc) is 3.63. The lowest BCUT2D eigenvalue weighted by molar-refractivity contribution is 0.0240. The van der Waals surface area contributed by atoms with Crippen LogP contribution in [0.3, 0.4) is 0 Å². The minimum Gasteiger partial charge on any atom is -0.471 e. The van der Waals surface area contributed by atoms with Crippen molar-refractivity contribution in [3.8, 4) is 5.88 Å². The smallest absolute Gasteiger partial charge is 0.410 e. The summed E-state index contributed by atoms with van der Waals surface area (Å²) in [5.74, 6) is -0.167. The van der Waals surface area contributed by atoms with Crippen LogP contribution < -0.4 is 24.6 Å². The second-order valence-electron chi connectivity index (χ2n) is 18.7. The van der Waals surface area contributed by atoms with Crippen LogP contribution in [-0.4, -0.2) is 114 Å². The lowest BCUT2D eigenvalue weighted by Crippen LogP contribution is -2.50. The molecule has 3 aliphatic rings. The van der Waals surface area contributed by atoms with Gasteiger partial charge in [0.2, 0.25) is 5.88 Å². The highest BCUT2D eigenvalue weighted by atomic mass is 32.2. The molecule has 0 saturated carbocycles. The number of nitrogens with one attached hydrogen (secondary N) is 2. The van der Waals surface area contributed by atoms with Crippen molar-refractivity contribution in [1.29, 1.82) is 0 Å². The first kappa shape index (κ1) is 45.8. The molecule has 2 aromatic heterocycles. The van der Waals surface area contributed by atoms with E-state index in [4.69, 9.17) is 23.9 Å². The third-order valence-corrected chi connectivity index (χ3v) is 14.3. The normalized spacial score (nSPS) is 17.6. The third kappa shape index (κ3) is 11.3. The molecule has 0 aliphatic carbocycles. The number of nitroso groups, excluding NO2 is 1. The molecule has 5 heterocycles. The molecule has 19 heteroatoms. The van der Waals surface area contributed by atoms with Crippen molar-refractivity contribution >= 4 is 69.6 Å². The first-order valence-corrected chi connectivity index (χ1v) is 26.8. The number of piperazine rings is 1. The van der Waals surface area contributed by atoms with Gasteiger partial charge in [-0.05, 0) is 106 Å². The van der Waals surface area contributed by atoms with E-state index in [0.717, 1.165) is 36.0 Å². The van der Waals surface area contributed by atoms with Gasteiger partial charge in [0.05, 0.1) is 28.4 Å². The Kier molecular flexibility index (Phi) is 13.7.